The Hall–Kier alpha value is -1.06. The highest BCUT2D eigenvalue weighted by Gasteiger charge is 2.07. The van der Waals surface area contributed by atoms with E-state index in [-0.39, 0.29) is 0 Å². The van der Waals surface area contributed by atoms with Crippen molar-refractivity contribution in [2.45, 2.75) is 19.8 Å². The molecular weight excluding hydrogens is 202 g/mol. The molecule has 0 atom stereocenters. The van der Waals surface area contributed by atoms with Crippen LogP contribution < -0.4 is 10.5 Å². The van der Waals surface area contributed by atoms with E-state index < -0.39 is 0 Å². The molecule has 0 aliphatic heterocycles. The van der Waals surface area contributed by atoms with Crippen LogP contribution in [0.3, 0.4) is 0 Å². The van der Waals surface area contributed by atoms with Gasteiger partial charge in [0.1, 0.15) is 5.75 Å². The van der Waals surface area contributed by atoms with Crippen LogP contribution in [0.2, 0.25) is 0 Å². The molecular formula is C13H21NO2. The topological polar surface area (TPSA) is 44.5 Å². The van der Waals surface area contributed by atoms with Gasteiger partial charge in [0.15, 0.2) is 0 Å². The monoisotopic (exact) mass is 223 g/mol. The van der Waals surface area contributed by atoms with Crippen LogP contribution in [0.1, 0.15) is 16.7 Å². The highest BCUT2D eigenvalue weighted by Crippen LogP contribution is 2.24. The molecule has 0 aromatic heterocycles. The van der Waals surface area contributed by atoms with E-state index in [2.05, 4.69) is 19.1 Å². The van der Waals surface area contributed by atoms with E-state index in [9.17, 15) is 0 Å². The third-order valence-corrected chi connectivity index (χ3v) is 2.73. The van der Waals surface area contributed by atoms with E-state index in [0.29, 0.717) is 6.54 Å². The Labute approximate surface area is 97.6 Å². The second-order valence-corrected chi connectivity index (χ2v) is 3.87. The standard InChI is InChI=1S/C13H21NO2/c1-10-8-13(16-3)12(4-6-14)9-11(10)5-7-15-2/h8-9H,4-7,14H2,1-3H3. The average Bonchev–Trinajstić information content (AvgIpc) is 2.29. The molecule has 0 bridgehead atoms. The van der Waals surface area contributed by atoms with Gasteiger partial charge in [-0.2, -0.15) is 0 Å². The lowest BCUT2D eigenvalue weighted by Gasteiger charge is -2.13. The quantitative estimate of drug-likeness (QED) is 0.798. The lowest BCUT2D eigenvalue weighted by molar-refractivity contribution is 0.202. The van der Waals surface area contributed by atoms with Crippen molar-refractivity contribution < 1.29 is 9.47 Å². The summed E-state index contributed by atoms with van der Waals surface area (Å²) in [4.78, 5) is 0. The number of nitrogens with two attached hydrogens (primary N) is 1. The Morgan fingerprint density at radius 1 is 1.12 bits per heavy atom. The Morgan fingerprint density at radius 3 is 2.44 bits per heavy atom. The summed E-state index contributed by atoms with van der Waals surface area (Å²) >= 11 is 0. The minimum atomic E-state index is 0.642. The van der Waals surface area contributed by atoms with Gasteiger partial charge in [-0.05, 0) is 49.1 Å². The molecule has 1 aromatic carbocycles. The maximum absolute atomic E-state index is 5.59. The van der Waals surface area contributed by atoms with Gasteiger partial charge in [-0.25, -0.2) is 0 Å². The minimum Gasteiger partial charge on any atom is -0.496 e. The minimum absolute atomic E-state index is 0.642. The molecule has 0 saturated carbocycles. The fourth-order valence-corrected chi connectivity index (χ4v) is 1.80. The molecule has 1 aromatic rings. The molecule has 0 amide bonds. The van der Waals surface area contributed by atoms with Crippen molar-refractivity contribution in [1.29, 1.82) is 0 Å². The highest BCUT2D eigenvalue weighted by atomic mass is 16.5. The van der Waals surface area contributed by atoms with Crippen molar-refractivity contribution in [3.63, 3.8) is 0 Å². The summed E-state index contributed by atoms with van der Waals surface area (Å²) in [6.45, 7) is 3.48. The van der Waals surface area contributed by atoms with Crippen LogP contribution in [0.4, 0.5) is 0 Å². The second-order valence-electron chi connectivity index (χ2n) is 3.87. The molecule has 0 aliphatic rings. The molecule has 3 nitrogen and oxygen atoms in total. The molecule has 3 heteroatoms. The Kier molecular flexibility index (Phi) is 5.29. The number of benzene rings is 1. The van der Waals surface area contributed by atoms with Gasteiger partial charge in [0.05, 0.1) is 13.7 Å². The van der Waals surface area contributed by atoms with E-state index in [4.69, 9.17) is 15.2 Å². The van der Waals surface area contributed by atoms with Gasteiger partial charge in [-0.15, -0.1) is 0 Å². The predicted octanol–water partition coefficient (Wildman–Crippen LogP) is 1.69. The van der Waals surface area contributed by atoms with E-state index in [1.54, 1.807) is 14.2 Å². The summed E-state index contributed by atoms with van der Waals surface area (Å²) in [5, 5.41) is 0. The molecule has 0 saturated heterocycles. The molecule has 0 unspecified atom stereocenters. The number of rotatable bonds is 6. The Bertz CT molecular complexity index is 337. The Balaban J connectivity index is 2.96. The number of hydrogen-bond acceptors (Lipinski definition) is 3. The fraction of sp³-hybridized carbons (Fsp3) is 0.538. The first-order chi connectivity index (χ1) is 7.72. The molecule has 16 heavy (non-hydrogen) atoms. The first-order valence-electron chi connectivity index (χ1n) is 5.58. The van der Waals surface area contributed by atoms with Crippen molar-refractivity contribution in [1.82, 2.24) is 0 Å². The van der Waals surface area contributed by atoms with Crippen molar-refractivity contribution in [2.75, 3.05) is 27.4 Å². The van der Waals surface area contributed by atoms with E-state index in [1.165, 1.54) is 16.7 Å². The molecule has 0 aliphatic carbocycles. The van der Waals surface area contributed by atoms with E-state index in [1.807, 2.05) is 0 Å². The third-order valence-electron chi connectivity index (χ3n) is 2.73. The van der Waals surface area contributed by atoms with Crippen LogP contribution in [0.15, 0.2) is 12.1 Å². The van der Waals surface area contributed by atoms with Crippen LogP contribution in [0, 0.1) is 6.92 Å². The lowest BCUT2D eigenvalue weighted by Crippen LogP contribution is -2.06. The summed E-state index contributed by atoms with van der Waals surface area (Å²) in [5.41, 5.74) is 9.33. The summed E-state index contributed by atoms with van der Waals surface area (Å²) in [7, 11) is 3.42. The van der Waals surface area contributed by atoms with Gasteiger partial charge in [-0.3, -0.25) is 0 Å². The molecule has 1 rings (SSSR count). The molecule has 0 spiro atoms. The normalized spacial score (nSPS) is 10.5. The van der Waals surface area contributed by atoms with E-state index in [0.717, 1.165) is 25.2 Å². The number of methoxy groups -OCH3 is 2. The van der Waals surface area contributed by atoms with Crippen molar-refractivity contribution >= 4 is 0 Å². The molecule has 0 fully saturated rings. The molecule has 2 N–H and O–H groups in total. The molecule has 90 valence electrons. The maximum atomic E-state index is 5.59. The van der Waals surface area contributed by atoms with Gasteiger partial charge < -0.3 is 15.2 Å². The first kappa shape index (κ1) is 13.0. The predicted molar refractivity (Wildman–Crippen MR) is 66.1 cm³/mol. The zero-order valence-corrected chi connectivity index (χ0v) is 10.4. The first-order valence-corrected chi connectivity index (χ1v) is 5.58. The van der Waals surface area contributed by atoms with Gasteiger partial charge in [0.25, 0.3) is 0 Å². The van der Waals surface area contributed by atoms with E-state index >= 15 is 0 Å². The molecule has 0 heterocycles. The number of ether oxygens (including phenoxy) is 2. The largest absolute Gasteiger partial charge is 0.496 e. The van der Waals surface area contributed by atoms with Crippen molar-refractivity contribution in [3.05, 3.63) is 28.8 Å². The maximum Gasteiger partial charge on any atom is 0.122 e. The van der Waals surface area contributed by atoms with Gasteiger partial charge in [-0.1, -0.05) is 6.07 Å². The lowest BCUT2D eigenvalue weighted by atomic mass is 10.00. The smallest absolute Gasteiger partial charge is 0.122 e. The Morgan fingerprint density at radius 2 is 1.88 bits per heavy atom. The second kappa shape index (κ2) is 6.51. The molecule has 0 radical (unpaired) electrons. The zero-order chi connectivity index (χ0) is 12.0. The fourth-order valence-electron chi connectivity index (χ4n) is 1.80. The summed E-state index contributed by atoms with van der Waals surface area (Å²) in [6.07, 6.45) is 1.79. The summed E-state index contributed by atoms with van der Waals surface area (Å²) in [6, 6.07) is 4.26. The van der Waals surface area contributed by atoms with Crippen LogP contribution >= 0.6 is 0 Å². The van der Waals surface area contributed by atoms with Gasteiger partial charge >= 0.3 is 0 Å². The van der Waals surface area contributed by atoms with Gasteiger partial charge in [0, 0.05) is 7.11 Å². The number of hydrogen-bond donors (Lipinski definition) is 1. The third kappa shape index (κ3) is 3.22. The SMILES string of the molecule is COCCc1cc(CCN)c(OC)cc1C. The van der Waals surface area contributed by atoms with Crippen molar-refractivity contribution in [2.24, 2.45) is 5.73 Å². The van der Waals surface area contributed by atoms with Gasteiger partial charge in [0.2, 0.25) is 0 Å². The summed E-state index contributed by atoms with van der Waals surface area (Å²) < 4.78 is 10.5. The van der Waals surface area contributed by atoms with Crippen LogP contribution in [-0.4, -0.2) is 27.4 Å². The number of aryl methyl sites for hydroxylation is 1. The summed E-state index contributed by atoms with van der Waals surface area (Å²) in [5.74, 6) is 0.934. The van der Waals surface area contributed by atoms with Crippen molar-refractivity contribution in [3.8, 4) is 5.75 Å². The zero-order valence-electron chi connectivity index (χ0n) is 10.4. The van der Waals surface area contributed by atoms with Crippen LogP contribution in [0.5, 0.6) is 5.75 Å². The van der Waals surface area contributed by atoms with Crippen LogP contribution in [-0.2, 0) is 17.6 Å². The van der Waals surface area contributed by atoms with Crippen LogP contribution in [0.25, 0.3) is 0 Å². The average molecular weight is 223 g/mol. The highest BCUT2D eigenvalue weighted by molar-refractivity contribution is 5.42.